The van der Waals surface area contributed by atoms with E-state index in [4.69, 9.17) is 5.73 Å². The highest BCUT2D eigenvalue weighted by Crippen LogP contribution is 2.13. The lowest BCUT2D eigenvalue weighted by molar-refractivity contribution is -0.135. The van der Waals surface area contributed by atoms with Crippen molar-refractivity contribution in [1.82, 2.24) is 15.1 Å². The summed E-state index contributed by atoms with van der Waals surface area (Å²) in [5.41, 5.74) is 7.84. The molecule has 25 heavy (non-hydrogen) atoms. The molecule has 3 amide bonds. The first kappa shape index (κ1) is 19.6. The summed E-state index contributed by atoms with van der Waals surface area (Å²) in [4.78, 5) is 28.1. The number of primary amides is 1. The van der Waals surface area contributed by atoms with Crippen LogP contribution in [0, 0.1) is 6.92 Å². The zero-order valence-electron chi connectivity index (χ0n) is 15.0. The Morgan fingerprint density at radius 3 is 2.52 bits per heavy atom. The minimum Gasteiger partial charge on any atom is -0.352 e. The molecule has 1 aromatic carbocycles. The molecule has 0 unspecified atom stereocenters. The smallest absolute Gasteiger partial charge is 0.312 e. The van der Waals surface area contributed by atoms with E-state index in [1.165, 1.54) is 11.1 Å². The predicted molar refractivity (Wildman–Crippen MR) is 103 cm³/mol. The van der Waals surface area contributed by atoms with Gasteiger partial charge in [-0.05, 0) is 36.5 Å². The first-order chi connectivity index (χ1) is 12.0. The molecule has 1 aromatic rings. The number of amides is 3. The minimum atomic E-state index is -0.641. The van der Waals surface area contributed by atoms with Gasteiger partial charge in [0.05, 0.1) is 0 Å². The summed E-state index contributed by atoms with van der Waals surface area (Å²) in [5.74, 6) is 0.785. The quantitative estimate of drug-likeness (QED) is 0.767. The van der Waals surface area contributed by atoms with Crippen LogP contribution in [0.1, 0.15) is 17.5 Å². The Morgan fingerprint density at radius 2 is 1.92 bits per heavy atom. The summed E-state index contributed by atoms with van der Waals surface area (Å²) in [7, 11) is 0. The average molecular weight is 365 g/mol. The number of nitrogens with zero attached hydrogens (tertiary/aromatic N) is 2. The Hall–Kier alpha value is -1.73. The van der Waals surface area contributed by atoms with Gasteiger partial charge >= 0.3 is 6.03 Å². The maximum absolute atomic E-state index is 12.7. The summed E-state index contributed by atoms with van der Waals surface area (Å²) in [5, 5.41) is 2.59. The van der Waals surface area contributed by atoms with E-state index in [9.17, 15) is 9.59 Å². The fourth-order valence-electron chi connectivity index (χ4n) is 3.04. The Kier molecular flexibility index (Phi) is 7.58. The minimum absolute atomic E-state index is 0.0246. The van der Waals surface area contributed by atoms with Gasteiger partial charge in [0.1, 0.15) is 6.04 Å². The van der Waals surface area contributed by atoms with E-state index in [2.05, 4.69) is 41.4 Å². The Labute approximate surface area is 154 Å². The Balaban J connectivity index is 1.88. The summed E-state index contributed by atoms with van der Waals surface area (Å²) in [6, 6.07) is 7.23. The van der Waals surface area contributed by atoms with Crippen LogP contribution in [0.5, 0.6) is 0 Å². The number of rotatable bonds is 7. The van der Waals surface area contributed by atoms with E-state index in [1.807, 2.05) is 11.2 Å². The summed E-state index contributed by atoms with van der Waals surface area (Å²) in [6.45, 7) is 6.07. The second kappa shape index (κ2) is 9.68. The van der Waals surface area contributed by atoms with Gasteiger partial charge in [-0.15, -0.1) is 0 Å². The molecule has 1 aliphatic heterocycles. The van der Waals surface area contributed by atoms with Crippen molar-refractivity contribution in [2.24, 2.45) is 5.73 Å². The molecule has 0 saturated carbocycles. The Morgan fingerprint density at radius 1 is 1.24 bits per heavy atom. The van der Waals surface area contributed by atoms with Crippen molar-refractivity contribution in [2.75, 3.05) is 38.2 Å². The summed E-state index contributed by atoms with van der Waals surface area (Å²) < 4.78 is 0. The molecule has 1 atom stereocenters. The van der Waals surface area contributed by atoms with Gasteiger partial charge in [0.15, 0.2) is 0 Å². The number of piperazine rings is 1. The zero-order chi connectivity index (χ0) is 18.2. The first-order valence-corrected chi connectivity index (χ1v) is 10.0. The SMILES string of the molecule is CSCC[C@@H](NC(N)=O)C(=O)N1CCN(Cc2ccccc2C)CC1. The lowest BCUT2D eigenvalue weighted by Gasteiger charge is -2.36. The number of urea groups is 1. The Bertz CT molecular complexity index is 588. The molecule has 1 heterocycles. The fourth-order valence-corrected chi connectivity index (χ4v) is 3.51. The zero-order valence-corrected chi connectivity index (χ0v) is 15.8. The van der Waals surface area contributed by atoms with Crippen LogP contribution in [0.4, 0.5) is 4.79 Å². The predicted octanol–water partition coefficient (Wildman–Crippen LogP) is 1.43. The van der Waals surface area contributed by atoms with Gasteiger partial charge in [0.2, 0.25) is 5.91 Å². The van der Waals surface area contributed by atoms with E-state index in [0.29, 0.717) is 19.5 Å². The van der Waals surface area contributed by atoms with Crippen LogP contribution in [-0.2, 0) is 11.3 Å². The highest BCUT2D eigenvalue weighted by atomic mass is 32.2. The molecular weight excluding hydrogens is 336 g/mol. The van der Waals surface area contributed by atoms with Crippen LogP contribution in [0.15, 0.2) is 24.3 Å². The monoisotopic (exact) mass is 364 g/mol. The van der Waals surface area contributed by atoms with Gasteiger partial charge < -0.3 is 16.0 Å². The van der Waals surface area contributed by atoms with E-state index >= 15 is 0 Å². The van der Waals surface area contributed by atoms with Crippen molar-refractivity contribution in [3.05, 3.63) is 35.4 Å². The van der Waals surface area contributed by atoms with Crippen LogP contribution in [0.25, 0.3) is 0 Å². The molecule has 0 bridgehead atoms. The number of hydrogen-bond acceptors (Lipinski definition) is 4. The molecule has 0 aromatic heterocycles. The van der Waals surface area contributed by atoms with Gasteiger partial charge in [-0.25, -0.2) is 4.79 Å². The topological polar surface area (TPSA) is 78.7 Å². The highest BCUT2D eigenvalue weighted by molar-refractivity contribution is 7.98. The van der Waals surface area contributed by atoms with E-state index < -0.39 is 12.1 Å². The highest BCUT2D eigenvalue weighted by Gasteiger charge is 2.28. The number of nitrogens with one attached hydrogen (secondary N) is 1. The normalized spacial score (nSPS) is 16.5. The molecular formula is C18H28N4O2S. The van der Waals surface area contributed by atoms with E-state index in [0.717, 1.165) is 25.4 Å². The first-order valence-electron chi connectivity index (χ1n) is 8.62. The van der Waals surface area contributed by atoms with Crippen molar-refractivity contribution < 1.29 is 9.59 Å². The van der Waals surface area contributed by atoms with Crippen LogP contribution in [-0.4, -0.2) is 66.0 Å². The summed E-state index contributed by atoms with van der Waals surface area (Å²) in [6.07, 6.45) is 2.59. The molecule has 7 heteroatoms. The van der Waals surface area contributed by atoms with Gasteiger partial charge in [-0.2, -0.15) is 11.8 Å². The van der Waals surface area contributed by atoms with Crippen molar-refractivity contribution in [3.8, 4) is 0 Å². The van der Waals surface area contributed by atoms with Crippen LogP contribution in [0.3, 0.4) is 0 Å². The third-order valence-electron chi connectivity index (χ3n) is 4.56. The number of benzene rings is 1. The van der Waals surface area contributed by atoms with Gasteiger partial charge in [0, 0.05) is 32.7 Å². The fraction of sp³-hybridized carbons (Fsp3) is 0.556. The van der Waals surface area contributed by atoms with Crippen LogP contribution >= 0.6 is 11.8 Å². The molecule has 1 fully saturated rings. The maximum Gasteiger partial charge on any atom is 0.312 e. The van der Waals surface area contributed by atoms with Gasteiger partial charge in [0.25, 0.3) is 0 Å². The van der Waals surface area contributed by atoms with E-state index in [-0.39, 0.29) is 5.91 Å². The lowest BCUT2D eigenvalue weighted by Crippen LogP contribution is -2.55. The van der Waals surface area contributed by atoms with Crippen molar-refractivity contribution in [3.63, 3.8) is 0 Å². The number of hydrogen-bond donors (Lipinski definition) is 2. The van der Waals surface area contributed by atoms with E-state index in [1.54, 1.807) is 11.8 Å². The maximum atomic E-state index is 12.7. The third kappa shape index (κ3) is 5.93. The largest absolute Gasteiger partial charge is 0.352 e. The van der Waals surface area contributed by atoms with Crippen molar-refractivity contribution in [2.45, 2.75) is 25.9 Å². The van der Waals surface area contributed by atoms with Crippen LogP contribution in [0.2, 0.25) is 0 Å². The van der Waals surface area contributed by atoms with Crippen molar-refractivity contribution >= 4 is 23.7 Å². The lowest BCUT2D eigenvalue weighted by atomic mass is 10.1. The van der Waals surface area contributed by atoms with Crippen LogP contribution < -0.4 is 11.1 Å². The molecule has 6 nitrogen and oxygen atoms in total. The molecule has 1 aliphatic rings. The summed E-state index contributed by atoms with van der Waals surface area (Å²) >= 11 is 1.65. The number of carbonyl (C=O) groups is 2. The molecule has 138 valence electrons. The van der Waals surface area contributed by atoms with Gasteiger partial charge in [-0.3, -0.25) is 9.69 Å². The molecule has 0 aliphatic carbocycles. The number of carbonyl (C=O) groups excluding carboxylic acids is 2. The molecule has 0 spiro atoms. The molecule has 0 radical (unpaired) electrons. The van der Waals surface area contributed by atoms with Crippen molar-refractivity contribution in [1.29, 1.82) is 0 Å². The third-order valence-corrected chi connectivity index (χ3v) is 5.21. The second-order valence-corrected chi connectivity index (χ2v) is 7.36. The average Bonchev–Trinajstić information content (AvgIpc) is 2.60. The standard InChI is InChI=1S/C18H28N4O2S/c1-14-5-3-4-6-15(14)13-21-8-10-22(11-9-21)17(23)16(7-12-25-2)20-18(19)24/h3-6,16H,7-13H2,1-2H3,(H3,19,20,24)/t16-/m1/s1. The molecule has 2 rings (SSSR count). The van der Waals surface area contributed by atoms with Gasteiger partial charge in [-0.1, -0.05) is 24.3 Å². The number of aryl methyl sites for hydroxylation is 1. The molecule has 3 N–H and O–H groups in total. The second-order valence-electron chi connectivity index (χ2n) is 6.37. The number of thioether (sulfide) groups is 1. The number of nitrogens with two attached hydrogens (primary N) is 1. The molecule has 1 saturated heterocycles.